The van der Waals surface area contributed by atoms with E-state index in [1.165, 1.54) is 0 Å². The molecule has 0 spiro atoms. The van der Waals surface area contributed by atoms with Gasteiger partial charge in [-0.05, 0) is 13.3 Å². The highest BCUT2D eigenvalue weighted by Gasteiger charge is 2.18. The summed E-state index contributed by atoms with van der Waals surface area (Å²) in [5, 5.41) is 4.28. The van der Waals surface area contributed by atoms with E-state index in [4.69, 9.17) is 10.5 Å². The second kappa shape index (κ2) is 3.47. The van der Waals surface area contributed by atoms with Gasteiger partial charge in [0.05, 0.1) is 18.8 Å². The first-order valence-corrected chi connectivity index (χ1v) is 4.65. The van der Waals surface area contributed by atoms with Gasteiger partial charge < -0.3 is 10.5 Å². The summed E-state index contributed by atoms with van der Waals surface area (Å²) in [6, 6.07) is 0.476. The summed E-state index contributed by atoms with van der Waals surface area (Å²) >= 11 is 0. The van der Waals surface area contributed by atoms with E-state index in [9.17, 15) is 0 Å². The van der Waals surface area contributed by atoms with E-state index in [2.05, 4.69) is 5.10 Å². The zero-order chi connectivity index (χ0) is 9.26. The van der Waals surface area contributed by atoms with E-state index in [0.717, 1.165) is 25.2 Å². The van der Waals surface area contributed by atoms with Crippen LogP contribution in [-0.4, -0.2) is 23.0 Å². The molecule has 1 saturated heterocycles. The summed E-state index contributed by atoms with van der Waals surface area (Å²) in [4.78, 5) is 0. The standard InChI is InChI=1S/C9H15N3O/c1-7(10)8-4-11-12(5-8)9-2-3-13-6-9/h4-5,7,9H,2-3,6,10H2,1H3/t7-,9+/m1/s1. The average molecular weight is 181 g/mol. The highest BCUT2D eigenvalue weighted by atomic mass is 16.5. The monoisotopic (exact) mass is 181 g/mol. The Morgan fingerprint density at radius 2 is 2.62 bits per heavy atom. The molecule has 1 aromatic rings. The van der Waals surface area contributed by atoms with E-state index in [1.54, 1.807) is 0 Å². The molecule has 13 heavy (non-hydrogen) atoms. The van der Waals surface area contributed by atoms with Crippen LogP contribution in [0.5, 0.6) is 0 Å². The van der Waals surface area contributed by atoms with Crippen LogP contribution in [0.1, 0.15) is 31.0 Å². The number of nitrogens with zero attached hydrogens (tertiary/aromatic N) is 2. The molecule has 2 rings (SSSR count). The lowest BCUT2D eigenvalue weighted by Gasteiger charge is -2.07. The smallest absolute Gasteiger partial charge is 0.0774 e. The molecule has 1 fully saturated rings. The van der Waals surface area contributed by atoms with E-state index in [0.29, 0.717) is 6.04 Å². The van der Waals surface area contributed by atoms with Crippen LogP contribution in [0.3, 0.4) is 0 Å². The van der Waals surface area contributed by atoms with Crippen molar-refractivity contribution in [1.82, 2.24) is 9.78 Å². The molecule has 0 radical (unpaired) electrons. The summed E-state index contributed by atoms with van der Waals surface area (Å²) in [7, 11) is 0. The Bertz CT molecular complexity index is 276. The molecule has 0 aromatic carbocycles. The molecule has 0 unspecified atom stereocenters. The van der Waals surface area contributed by atoms with Gasteiger partial charge in [-0.3, -0.25) is 4.68 Å². The first-order chi connectivity index (χ1) is 6.27. The Kier molecular flexibility index (Phi) is 2.33. The van der Waals surface area contributed by atoms with Crippen LogP contribution < -0.4 is 5.73 Å². The third kappa shape index (κ3) is 1.73. The van der Waals surface area contributed by atoms with Crippen molar-refractivity contribution in [2.75, 3.05) is 13.2 Å². The third-order valence-corrected chi connectivity index (χ3v) is 2.43. The Morgan fingerprint density at radius 1 is 1.77 bits per heavy atom. The lowest BCUT2D eigenvalue weighted by atomic mass is 10.2. The van der Waals surface area contributed by atoms with Crippen molar-refractivity contribution in [3.05, 3.63) is 18.0 Å². The van der Waals surface area contributed by atoms with Gasteiger partial charge >= 0.3 is 0 Å². The molecule has 0 aliphatic carbocycles. The molecular formula is C9H15N3O. The van der Waals surface area contributed by atoms with Crippen molar-refractivity contribution in [3.63, 3.8) is 0 Å². The number of hydrogen-bond donors (Lipinski definition) is 1. The zero-order valence-electron chi connectivity index (χ0n) is 7.81. The molecule has 2 heterocycles. The molecule has 2 atom stereocenters. The van der Waals surface area contributed by atoms with Crippen molar-refractivity contribution >= 4 is 0 Å². The molecule has 2 N–H and O–H groups in total. The first kappa shape index (κ1) is 8.72. The van der Waals surface area contributed by atoms with Crippen LogP contribution in [-0.2, 0) is 4.74 Å². The van der Waals surface area contributed by atoms with Gasteiger partial charge in [0.15, 0.2) is 0 Å². The summed E-state index contributed by atoms with van der Waals surface area (Å²) in [5.74, 6) is 0. The van der Waals surface area contributed by atoms with Crippen LogP contribution in [0.25, 0.3) is 0 Å². The fourth-order valence-corrected chi connectivity index (χ4v) is 1.52. The predicted molar refractivity (Wildman–Crippen MR) is 49.3 cm³/mol. The molecule has 1 aliphatic heterocycles. The molecule has 72 valence electrons. The Balaban J connectivity index is 2.12. The van der Waals surface area contributed by atoms with Gasteiger partial charge in [-0.2, -0.15) is 5.10 Å². The van der Waals surface area contributed by atoms with Crippen molar-refractivity contribution in [1.29, 1.82) is 0 Å². The highest BCUT2D eigenvalue weighted by Crippen LogP contribution is 2.19. The number of ether oxygens (including phenoxy) is 1. The fourth-order valence-electron chi connectivity index (χ4n) is 1.52. The van der Waals surface area contributed by atoms with Crippen molar-refractivity contribution in [3.8, 4) is 0 Å². The van der Waals surface area contributed by atoms with Gasteiger partial charge in [-0.15, -0.1) is 0 Å². The molecule has 0 amide bonds. The highest BCUT2D eigenvalue weighted by molar-refractivity contribution is 5.08. The Hall–Kier alpha value is -0.870. The zero-order valence-corrected chi connectivity index (χ0v) is 7.81. The van der Waals surface area contributed by atoms with Gasteiger partial charge in [0.2, 0.25) is 0 Å². The molecule has 4 heteroatoms. The molecule has 1 aromatic heterocycles. The minimum atomic E-state index is 0.0658. The largest absolute Gasteiger partial charge is 0.379 e. The number of rotatable bonds is 2. The minimum absolute atomic E-state index is 0.0658. The lowest BCUT2D eigenvalue weighted by Crippen LogP contribution is -2.09. The summed E-state index contributed by atoms with van der Waals surface area (Å²) in [5.41, 5.74) is 6.83. The third-order valence-electron chi connectivity index (χ3n) is 2.43. The summed E-state index contributed by atoms with van der Waals surface area (Å²) in [6.45, 7) is 3.59. The van der Waals surface area contributed by atoms with Crippen molar-refractivity contribution < 1.29 is 4.74 Å². The second-order valence-corrected chi connectivity index (χ2v) is 3.56. The predicted octanol–water partition coefficient (Wildman–Crippen LogP) is 0.864. The second-order valence-electron chi connectivity index (χ2n) is 3.56. The lowest BCUT2D eigenvalue weighted by molar-refractivity contribution is 0.184. The maximum atomic E-state index is 5.74. The van der Waals surface area contributed by atoms with Crippen LogP contribution in [0.2, 0.25) is 0 Å². The normalized spacial score (nSPS) is 24.9. The molecule has 1 aliphatic rings. The minimum Gasteiger partial charge on any atom is -0.379 e. The van der Waals surface area contributed by atoms with Gasteiger partial charge in [0.25, 0.3) is 0 Å². The average Bonchev–Trinajstić information content (AvgIpc) is 2.75. The van der Waals surface area contributed by atoms with Gasteiger partial charge in [-0.25, -0.2) is 0 Å². The summed E-state index contributed by atoms with van der Waals surface area (Å²) in [6.07, 6.45) is 4.91. The van der Waals surface area contributed by atoms with Gasteiger partial charge in [-0.1, -0.05) is 0 Å². The van der Waals surface area contributed by atoms with Gasteiger partial charge in [0.1, 0.15) is 0 Å². The van der Waals surface area contributed by atoms with Crippen molar-refractivity contribution in [2.45, 2.75) is 25.4 Å². The Labute approximate surface area is 77.7 Å². The SMILES string of the molecule is C[C@@H](N)c1cnn([C@H]2CCOC2)c1. The quantitative estimate of drug-likeness (QED) is 0.736. The van der Waals surface area contributed by atoms with Crippen molar-refractivity contribution in [2.24, 2.45) is 5.73 Å². The van der Waals surface area contributed by atoms with Crippen LogP contribution >= 0.6 is 0 Å². The molecule has 4 nitrogen and oxygen atoms in total. The Morgan fingerprint density at radius 3 is 3.15 bits per heavy atom. The van der Waals surface area contributed by atoms with Crippen LogP contribution in [0.4, 0.5) is 0 Å². The van der Waals surface area contributed by atoms with Crippen LogP contribution in [0, 0.1) is 0 Å². The summed E-state index contributed by atoms with van der Waals surface area (Å²) < 4.78 is 7.25. The molecular weight excluding hydrogens is 166 g/mol. The number of nitrogens with two attached hydrogens (primary N) is 1. The van der Waals surface area contributed by atoms with Gasteiger partial charge in [0, 0.05) is 24.4 Å². The van der Waals surface area contributed by atoms with Crippen LogP contribution in [0.15, 0.2) is 12.4 Å². The fraction of sp³-hybridized carbons (Fsp3) is 0.667. The topological polar surface area (TPSA) is 53.1 Å². The van der Waals surface area contributed by atoms with E-state index >= 15 is 0 Å². The maximum Gasteiger partial charge on any atom is 0.0774 e. The number of aromatic nitrogens is 2. The first-order valence-electron chi connectivity index (χ1n) is 4.65. The molecule has 0 bridgehead atoms. The molecule has 0 saturated carbocycles. The van der Waals surface area contributed by atoms with E-state index < -0.39 is 0 Å². The van der Waals surface area contributed by atoms with E-state index in [-0.39, 0.29) is 6.04 Å². The maximum absolute atomic E-state index is 5.74. The van der Waals surface area contributed by atoms with E-state index in [1.807, 2.05) is 24.0 Å². The number of hydrogen-bond acceptors (Lipinski definition) is 3.